The number of amides is 2. The lowest BCUT2D eigenvalue weighted by Crippen LogP contribution is -2.60. The van der Waals surface area contributed by atoms with Gasteiger partial charge in [0.1, 0.15) is 16.7 Å². The SMILES string of the molecule is CC(C)[C@H](N)c1nc(C(=O)N2C[C@@H]3CCCN3C(=O)[C@@H]2C)cs1.Cl. The number of halogens is 1. The summed E-state index contributed by atoms with van der Waals surface area (Å²) in [6.45, 7) is 7.30. The molecule has 0 spiro atoms. The van der Waals surface area contributed by atoms with Gasteiger partial charge in [0, 0.05) is 24.5 Å². The van der Waals surface area contributed by atoms with Crippen molar-refractivity contribution in [1.82, 2.24) is 14.8 Å². The Morgan fingerprint density at radius 3 is 2.83 bits per heavy atom. The van der Waals surface area contributed by atoms with Gasteiger partial charge in [0.05, 0.1) is 6.04 Å². The molecule has 1 aromatic heterocycles. The molecule has 3 heterocycles. The first kappa shape index (κ1) is 19.1. The number of aromatic nitrogens is 1. The monoisotopic (exact) mass is 372 g/mol. The number of thiazole rings is 1. The molecule has 2 aliphatic rings. The van der Waals surface area contributed by atoms with Crippen molar-refractivity contribution in [3.8, 4) is 0 Å². The Hall–Kier alpha value is -1.18. The van der Waals surface area contributed by atoms with Crippen LogP contribution in [0, 0.1) is 5.92 Å². The molecule has 134 valence electrons. The van der Waals surface area contributed by atoms with E-state index in [0.717, 1.165) is 24.4 Å². The van der Waals surface area contributed by atoms with Crippen molar-refractivity contribution >= 4 is 35.6 Å². The molecule has 3 rings (SSSR count). The van der Waals surface area contributed by atoms with Gasteiger partial charge in [-0.3, -0.25) is 9.59 Å². The van der Waals surface area contributed by atoms with Crippen molar-refractivity contribution in [2.75, 3.05) is 13.1 Å². The van der Waals surface area contributed by atoms with Gasteiger partial charge in [0.25, 0.3) is 5.91 Å². The second-order valence-electron chi connectivity index (χ2n) is 6.80. The molecule has 0 unspecified atom stereocenters. The number of nitrogens with zero attached hydrogens (tertiary/aromatic N) is 3. The second-order valence-corrected chi connectivity index (χ2v) is 7.69. The average Bonchev–Trinajstić information content (AvgIpc) is 3.18. The zero-order valence-corrected chi connectivity index (χ0v) is 15.9. The topological polar surface area (TPSA) is 79.5 Å². The van der Waals surface area contributed by atoms with E-state index in [9.17, 15) is 9.59 Å². The molecule has 3 atom stereocenters. The van der Waals surface area contributed by atoms with Crippen molar-refractivity contribution in [1.29, 1.82) is 0 Å². The Balaban J connectivity index is 0.00000208. The fourth-order valence-corrected chi connectivity index (χ4v) is 4.27. The van der Waals surface area contributed by atoms with Gasteiger partial charge in [-0.2, -0.15) is 0 Å². The lowest BCUT2D eigenvalue weighted by atomic mass is 10.1. The van der Waals surface area contributed by atoms with Crippen LogP contribution in [-0.4, -0.2) is 51.8 Å². The maximum Gasteiger partial charge on any atom is 0.274 e. The van der Waals surface area contributed by atoms with Gasteiger partial charge in [0.2, 0.25) is 5.91 Å². The maximum atomic E-state index is 12.8. The highest BCUT2D eigenvalue weighted by Gasteiger charge is 2.42. The van der Waals surface area contributed by atoms with Gasteiger partial charge in [-0.05, 0) is 25.7 Å². The van der Waals surface area contributed by atoms with Crippen LogP contribution >= 0.6 is 23.7 Å². The van der Waals surface area contributed by atoms with Gasteiger partial charge in [-0.25, -0.2) is 4.98 Å². The maximum absolute atomic E-state index is 12.8. The minimum Gasteiger partial charge on any atom is -0.336 e. The predicted octanol–water partition coefficient (Wildman–Crippen LogP) is 2.06. The largest absolute Gasteiger partial charge is 0.336 e. The van der Waals surface area contributed by atoms with Crippen molar-refractivity contribution in [2.45, 2.75) is 51.7 Å². The molecule has 2 N–H and O–H groups in total. The van der Waals surface area contributed by atoms with E-state index in [1.807, 2.05) is 25.7 Å². The number of carbonyl (C=O) groups is 2. The van der Waals surface area contributed by atoms with E-state index in [2.05, 4.69) is 4.98 Å². The number of piperazine rings is 1. The highest BCUT2D eigenvalue weighted by molar-refractivity contribution is 7.09. The highest BCUT2D eigenvalue weighted by atomic mass is 35.5. The zero-order valence-electron chi connectivity index (χ0n) is 14.3. The summed E-state index contributed by atoms with van der Waals surface area (Å²) in [5, 5.41) is 2.54. The summed E-state index contributed by atoms with van der Waals surface area (Å²) in [4.78, 5) is 33.3. The lowest BCUT2D eigenvalue weighted by molar-refractivity contribution is -0.141. The Morgan fingerprint density at radius 2 is 2.17 bits per heavy atom. The van der Waals surface area contributed by atoms with E-state index in [4.69, 9.17) is 5.73 Å². The Kier molecular flexibility index (Phi) is 5.88. The average molecular weight is 373 g/mol. The molecule has 6 nitrogen and oxygen atoms in total. The van der Waals surface area contributed by atoms with Gasteiger partial charge >= 0.3 is 0 Å². The number of rotatable bonds is 3. The van der Waals surface area contributed by atoms with Crippen LogP contribution in [0.4, 0.5) is 0 Å². The van der Waals surface area contributed by atoms with Crippen LogP contribution in [0.5, 0.6) is 0 Å². The number of nitrogens with two attached hydrogens (primary N) is 1. The molecule has 24 heavy (non-hydrogen) atoms. The zero-order chi connectivity index (χ0) is 16.7. The van der Waals surface area contributed by atoms with Crippen molar-refractivity contribution in [2.24, 2.45) is 11.7 Å². The molecule has 0 bridgehead atoms. The molecular formula is C16H25ClN4O2S. The number of carbonyl (C=O) groups excluding carboxylic acids is 2. The molecule has 0 radical (unpaired) electrons. The van der Waals surface area contributed by atoms with Gasteiger partial charge < -0.3 is 15.5 Å². The van der Waals surface area contributed by atoms with E-state index in [1.54, 1.807) is 10.3 Å². The normalized spacial score (nSPS) is 24.8. The predicted molar refractivity (Wildman–Crippen MR) is 96.4 cm³/mol. The lowest BCUT2D eigenvalue weighted by Gasteiger charge is -2.41. The molecular weight excluding hydrogens is 348 g/mol. The van der Waals surface area contributed by atoms with Crippen molar-refractivity contribution in [3.05, 3.63) is 16.1 Å². The molecule has 0 aromatic carbocycles. The first-order valence-electron chi connectivity index (χ1n) is 8.22. The summed E-state index contributed by atoms with van der Waals surface area (Å²) in [6, 6.07) is -0.410. The third kappa shape index (κ3) is 3.30. The van der Waals surface area contributed by atoms with Gasteiger partial charge in [-0.15, -0.1) is 23.7 Å². The van der Waals surface area contributed by atoms with E-state index >= 15 is 0 Å². The molecule has 2 amide bonds. The van der Waals surface area contributed by atoms with Crippen LogP contribution < -0.4 is 5.73 Å². The van der Waals surface area contributed by atoms with Gasteiger partial charge in [-0.1, -0.05) is 13.8 Å². The summed E-state index contributed by atoms with van der Waals surface area (Å²) in [5.74, 6) is 0.170. The summed E-state index contributed by atoms with van der Waals surface area (Å²) >= 11 is 1.42. The van der Waals surface area contributed by atoms with E-state index < -0.39 is 6.04 Å². The molecule has 2 aliphatic heterocycles. The standard InChI is InChI=1S/C16H24N4O2S.ClH/c1-9(2)13(17)14-18-12(8-23-14)16(22)20-7-11-5-4-6-19(11)15(21)10(20)3;/h8-11,13H,4-7,17H2,1-3H3;1H/t10-,11-,13-;/m0./s1. The molecule has 1 aromatic rings. The quantitative estimate of drug-likeness (QED) is 0.880. The van der Waals surface area contributed by atoms with Crippen LogP contribution in [0.15, 0.2) is 5.38 Å². The molecule has 2 fully saturated rings. The summed E-state index contributed by atoms with van der Waals surface area (Å²) < 4.78 is 0. The Bertz CT molecular complexity index is 621. The smallest absolute Gasteiger partial charge is 0.274 e. The minimum atomic E-state index is -0.416. The van der Waals surface area contributed by atoms with Crippen LogP contribution in [0.1, 0.15) is 55.2 Å². The van der Waals surface area contributed by atoms with Crippen LogP contribution in [0.3, 0.4) is 0 Å². The summed E-state index contributed by atoms with van der Waals surface area (Å²) in [6.07, 6.45) is 2.00. The van der Waals surface area contributed by atoms with Crippen LogP contribution in [0.2, 0.25) is 0 Å². The molecule has 0 aliphatic carbocycles. The second kappa shape index (κ2) is 7.37. The van der Waals surface area contributed by atoms with Crippen molar-refractivity contribution < 1.29 is 9.59 Å². The first-order valence-corrected chi connectivity index (χ1v) is 9.10. The fourth-order valence-electron chi connectivity index (χ4n) is 3.30. The van der Waals surface area contributed by atoms with E-state index in [1.165, 1.54) is 11.3 Å². The van der Waals surface area contributed by atoms with Gasteiger partial charge in [0.15, 0.2) is 0 Å². The fraction of sp³-hybridized carbons (Fsp3) is 0.688. The number of hydrogen-bond acceptors (Lipinski definition) is 5. The molecule has 2 saturated heterocycles. The third-order valence-corrected chi connectivity index (χ3v) is 5.84. The summed E-state index contributed by atoms with van der Waals surface area (Å²) in [5.41, 5.74) is 6.52. The highest BCUT2D eigenvalue weighted by Crippen LogP contribution is 2.28. The molecule has 8 heteroatoms. The third-order valence-electron chi connectivity index (χ3n) is 4.90. The number of fused-ring (bicyclic) bond motifs is 1. The Morgan fingerprint density at radius 1 is 1.46 bits per heavy atom. The first-order chi connectivity index (χ1) is 10.9. The summed E-state index contributed by atoms with van der Waals surface area (Å²) in [7, 11) is 0. The van der Waals surface area contributed by atoms with E-state index in [0.29, 0.717) is 12.2 Å². The number of hydrogen-bond donors (Lipinski definition) is 1. The van der Waals surface area contributed by atoms with Crippen molar-refractivity contribution in [3.63, 3.8) is 0 Å². The Labute approximate surface area is 152 Å². The minimum absolute atomic E-state index is 0. The molecule has 0 saturated carbocycles. The van der Waals surface area contributed by atoms with E-state index in [-0.39, 0.29) is 42.2 Å². The van der Waals surface area contributed by atoms with Crippen LogP contribution in [-0.2, 0) is 4.79 Å². The van der Waals surface area contributed by atoms with Crippen LogP contribution in [0.25, 0.3) is 0 Å².